The van der Waals surface area contributed by atoms with Gasteiger partial charge in [-0.05, 0) is 42.0 Å². The Bertz CT molecular complexity index is 535. The minimum Gasteiger partial charge on any atom is -0.457 e. The van der Waals surface area contributed by atoms with Crippen LogP contribution in [-0.4, -0.2) is 5.97 Å². The smallest absolute Gasteiger partial charge is 0.338 e. The van der Waals surface area contributed by atoms with E-state index in [1.807, 2.05) is 24.3 Å². The van der Waals surface area contributed by atoms with Crippen LogP contribution in [0.2, 0.25) is 0 Å². The lowest BCUT2D eigenvalue weighted by atomic mass is 10.2. The zero-order valence-corrected chi connectivity index (χ0v) is 11.9. The predicted molar refractivity (Wildman–Crippen MR) is 77.0 cm³/mol. The molecule has 92 valence electrons. The van der Waals surface area contributed by atoms with Gasteiger partial charge >= 0.3 is 5.97 Å². The SMILES string of the molecule is O=C(OCc1ccc(Br)cc1)c1ccc(S)cc1. The molecule has 2 nitrogen and oxygen atoms in total. The van der Waals surface area contributed by atoms with Gasteiger partial charge in [0.15, 0.2) is 0 Å². The van der Waals surface area contributed by atoms with Crippen molar-refractivity contribution in [2.24, 2.45) is 0 Å². The normalized spacial score (nSPS) is 10.1. The molecule has 0 aliphatic heterocycles. The maximum Gasteiger partial charge on any atom is 0.338 e. The molecule has 4 heteroatoms. The third kappa shape index (κ3) is 3.62. The van der Waals surface area contributed by atoms with E-state index in [0.717, 1.165) is 14.9 Å². The highest BCUT2D eigenvalue weighted by Crippen LogP contribution is 2.13. The highest BCUT2D eigenvalue weighted by atomic mass is 79.9. The molecule has 18 heavy (non-hydrogen) atoms. The molecule has 0 aliphatic carbocycles. The summed E-state index contributed by atoms with van der Waals surface area (Å²) in [5.74, 6) is -0.328. The van der Waals surface area contributed by atoms with Crippen LogP contribution in [0.5, 0.6) is 0 Å². The van der Waals surface area contributed by atoms with Crippen LogP contribution in [0.15, 0.2) is 57.9 Å². The molecular formula is C14H11BrO2S. The van der Waals surface area contributed by atoms with Gasteiger partial charge in [0.25, 0.3) is 0 Å². The van der Waals surface area contributed by atoms with E-state index in [2.05, 4.69) is 28.6 Å². The number of carbonyl (C=O) groups is 1. The van der Waals surface area contributed by atoms with Gasteiger partial charge in [-0.15, -0.1) is 12.6 Å². The minimum atomic E-state index is -0.328. The van der Waals surface area contributed by atoms with Gasteiger partial charge in [-0.25, -0.2) is 4.79 Å². The maximum absolute atomic E-state index is 11.7. The number of thiol groups is 1. The average Bonchev–Trinajstić information content (AvgIpc) is 2.38. The average molecular weight is 323 g/mol. The Morgan fingerprint density at radius 2 is 1.67 bits per heavy atom. The van der Waals surface area contributed by atoms with E-state index in [1.54, 1.807) is 24.3 Å². The number of rotatable bonds is 3. The second-order valence-electron chi connectivity index (χ2n) is 3.75. The second kappa shape index (κ2) is 6.07. The van der Waals surface area contributed by atoms with Gasteiger partial charge in [-0.1, -0.05) is 28.1 Å². The number of hydrogen-bond donors (Lipinski definition) is 1. The van der Waals surface area contributed by atoms with Crippen molar-refractivity contribution in [2.75, 3.05) is 0 Å². The predicted octanol–water partition coefficient (Wildman–Crippen LogP) is 4.09. The Kier molecular flexibility index (Phi) is 4.44. The molecule has 0 aromatic heterocycles. The fraction of sp³-hybridized carbons (Fsp3) is 0.0714. The molecule has 0 atom stereocenters. The minimum absolute atomic E-state index is 0.273. The van der Waals surface area contributed by atoms with Crippen molar-refractivity contribution in [3.63, 3.8) is 0 Å². The topological polar surface area (TPSA) is 26.3 Å². The number of halogens is 1. The van der Waals surface area contributed by atoms with Crippen LogP contribution in [0.1, 0.15) is 15.9 Å². The number of carbonyl (C=O) groups excluding carboxylic acids is 1. The van der Waals surface area contributed by atoms with Crippen molar-refractivity contribution in [1.29, 1.82) is 0 Å². The highest BCUT2D eigenvalue weighted by molar-refractivity contribution is 9.10. The summed E-state index contributed by atoms with van der Waals surface area (Å²) in [7, 11) is 0. The molecule has 0 spiro atoms. The van der Waals surface area contributed by atoms with Gasteiger partial charge in [-0.2, -0.15) is 0 Å². The molecule has 2 rings (SSSR count). The van der Waals surface area contributed by atoms with E-state index in [4.69, 9.17) is 4.74 Å². The van der Waals surface area contributed by atoms with Crippen molar-refractivity contribution in [3.8, 4) is 0 Å². The lowest BCUT2D eigenvalue weighted by Crippen LogP contribution is -2.04. The first-order valence-corrected chi connectivity index (χ1v) is 6.60. The first kappa shape index (κ1) is 13.2. The van der Waals surface area contributed by atoms with E-state index in [1.165, 1.54) is 0 Å². The molecule has 2 aromatic carbocycles. The molecule has 0 heterocycles. The molecule has 0 unspecified atom stereocenters. The third-order valence-corrected chi connectivity index (χ3v) is 3.21. The van der Waals surface area contributed by atoms with Crippen molar-refractivity contribution in [1.82, 2.24) is 0 Å². The number of hydrogen-bond acceptors (Lipinski definition) is 3. The summed E-state index contributed by atoms with van der Waals surface area (Å²) in [6.45, 7) is 0.273. The van der Waals surface area contributed by atoms with Crippen molar-refractivity contribution in [2.45, 2.75) is 11.5 Å². The van der Waals surface area contributed by atoms with Gasteiger partial charge < -0.3 is 4.74 Å². The summed E-state index contributed by atoms with van der Waals surface area (Å²) in [6, 6.07) is 14.6. The summed E-state index contributed by atoms with van der Waals surface area (Å²) in [5, 5.41) is 0. The van der Waals surface area contributed by atoms with Gasteiger partial charge in [0.05, 0.1) is 5.56 Å². The van der Waals surface area contributed by atoms with E-state index in [0.29, 0.717) is 5.56 Å². The van der Waals surface area contributed by atoms with Crippen LogP contribution in [0.4, 0.5) is 0 Å². The van der Waals surface area contributed by atoms with E-state index >= 15 is 0 Å². The first-order chi connectivity index (χ1) is 8.65. The Morgan fingerprint density at radius 3 is 2.28 bits per heavy atom. The Balaban J connectivity index is 1.96. The molecule has 0 N–H and O–H groups in total. The molecule has 0 bridgehead atoms. The molecule has 0 radical (unpaired) electrons. The quantitative estimate of drug-likeness (QED) is 0.680. The summed E-state index contributed by atoms with van der Waals surface area (Å²) < 4.78 is 6.22. The van der Waals surface area contributed by atoms with Crippen LogP contribution in [0.3, 0.4) is 0 Å². The van der Waals surface area contributed by atoms with Crippen molar-refractivity contribution >= 4 is 34.5 Å². The molecule has 0 aliphatic rings. The number of esters is 1. The fourth-order valence-corrected chi connectivity index (χ4v) is 1.82. The van der Waals surface area contributed by atoms with Gasteiger partial charge in [0.1, 0.15) is 6.61 Å². The Labute approximate surface area is 120 Å². The van der Waals surface area contributed by atoms with Crippen LogP contribution in [-0.2, 0) is 11.3 Å². The molecule has 0 saturated heterocycles. The van der Waals surface area contributed by atoms with E-state index in [9.17, 15) is 4.79 Å². The van der Waals surface area contributed by atoms with Crippen LogP contribution < -0.4 is 0 Å². The molecule has 0 saturated carbocycles. The van der Waals surface area contributed by atoms with E-state index in [-0.39, 0.29) is 12.6 Å². The Morgan fingerprint density at radius 1 is 1.06 bits per heavy atom. The standard InChI is InChI=1S/C14H11BrO2S/c15-12-5-1-10(2-6-12)9-17-14(16)11-3-7-13(18)8-4-11/h1-8,18H,9H2. The summed E-state index contributed by atoms with van der Waals surface area (Å²) in [6.07, 6.45) is 0. The largest absolute Gasteiger partial charge is 0.457 e. The van der Waals surface area contributed by atoms with Gasteiger partial charge in [-0.3, -0.25) is 0 Å². The van der Waals surface area contributed by atoms with E-state index < -0.39 is 0 Å². The molecule has 0 amide bonds. The lowest BCUT2D eigenvalue weighted by molar-refractivity contribution is 0.0472. The maximum atomic E-state index is 11.7. The van der Waals surface area contributed by atoms with Crippen molar-refractivity contribution < 1.29 is 9.53 Å². The number of ether oxygens (including phenoxy) is 1. The molecular weight excluding hydrogens is 312 g/mol. The summed E-state index contributed by atoms with van der Waals surface area (Å²) in [5.41, 5.74) is 1.49. The monoisotopic (exact) mass is 322 g/mol. The fourth-order valence-electron chi connectivity index (χ4n) is 1.41. The van der Waals surface area contributed by atoms with Gasteiger partial charge in [0.2, 0.25) is 0 Å². The second-order valence-corrected chi connectivity index (χ2v) is 5.18. The summed E-state index contributed by atoms with van der Waals surface area (Å²) >= 11 is 7.52. The van der Waals surface area contributed by atoms with Crippen molar-refractivity contribution in [3.05, 3.63) is 64.1 Å². The highest BCUT2D eigenvalue weighted by Gasteiger charge is 2.06. The molecule has 0 fully saturated rings. The van der Waals surface area contributed by atoms with Crippen LogP contribution >= 0.6 is 28.6 Å². The number of benzene rings is 2. The van der Waals surface area contributed by atoms with Crippen LogP contribution in [0.25, 0.3) is 0 Å². The first-order valence-electron chi connectivity index (χ1n) is 5.36. The zero-order valence-electron chi connectivity index (χ0n) is 9.47. The summed E-state index contributed by atoms with van der Waals surface area (Å²) in [4.78, 5) is 12.6. The Hall–Kier alpha value is -1.26. The lowest BCUT2D eigenvalue weighted by Gasteiger charge is -2.05. The third-order valence-electron chi connectivity index (χ3n) is 2.39. The van der Waals surface area contributed by atoms with Gasteiger partial charge in [0, 0.05) is 9.37 Å². The zero-order chi connectivity index (χ0) is 13.0. The van der Waals surface area contributed by atoms with Crippen LogP contribution in [0, 0.1) is 0 Å². The molecule has 2 aromatic rings.